The van der Waals surface area contributed by atoms with E-state index in [1.165, 1.54) is 0 Å². The molecular formula is C16H33N9. The Bertz CT molecular complexity index is 510. The molecule has 0 atom stereocenters. The summed E-state index contributed by atoms with van der Waals surface area (Å²) in [4.78, 5) is 19.6. The lowest BCUT2D eigenvalue weighted by atomic mass is 10.3. The van der Waals surface area contributed by atoms with Gasteiger partial charge in [-0.3, -0.25) is 4.99 Å². The highest BCUT2D eigenvalue weighted by Crippen LogP contribution is 2.13. The number of nitrogens with two attached hydrogens (primary N) is 2. The van der Waals surface area contributed by atoms with Crippen molar-refractivity contribution in [3.63, 3.8) is 0 Å². The van der Waals surface area contributed by atoms with E-state index in [0.717, 1.165) is 51.9 Å². The van der Waals surface area contributed by atoms with Gasteiger partial charge in [0.2, 0.25) is 17.8 Å². The van der Waals surface area contributed by atoms with Crippen LogP contribution in [0.25, 0.3) is 0 Å². The predicted molar refractivity (Wildman–Crippen MR) is 105 cm³/mol. The van der Waals surface area contributed by atoms with Gasteiger partial charge in [-0.2, -0.15) is 15.0 Å². The van der Waals surface area contributed by atoms with Crippen LogP contribution in [-0.4, -0.2) is 53.6 Å². The van der Waals surface area contributed by atoms with Gasteiger partial charge in [-0.15, -0.1) is 0 Å². The molecule has 0 spiro atoms. The zero-order chi connectivity index (χ0) is 18.5. The number of unbranched alkanes of at least 4 members (excludes halogenated alkanes) is 2. The predicted octanol–water partition coefficient (Wildman–Crippen LogP) is 1.40. The summed E-state index contributed by atoms with van der Waals surface area (Å²) in [7, 11) is 0. The van der Waals surface area contributed by atoms with Gasteiger partial charge in [-0.25, -0.2) is 0 Å². The summed E-state index contributed by atoms with van der Waals surface area (Å²) in [5, 5.41) is 6.55. The molecule has 6 N–H and O–H groups in total. The van der Waals surface area contributed by atoms with E-state index in [-0.39, 0.29) is 5.96 Å². The van der Waals surface area contributed by atoms with Gasteiger partial charge in [0.15, 0.2) is 5.96 Å². The normalized spacial score (nSPS) is 10.4. The summed E-state index contributed by atoms with van der Waals surface area (Å²) in [6.07, 6.45) is 4.05. The summed E-state index contributed by atoms with van der Waals surface area (Å²) in [5.41, 5.74) is 10.6. The Balaban J connectivity index is 2.66. The van der Waals surface area contributed by atoms with E-state index < -0.39 is 0 Å². The topological polar surface area (TPSA) is 130 Å². The van der Waals surface area contributed by atoms with Gasteiger partial charge in [0, 0.05) is 32.7 Å². The van der Waals surface area contributed by atoms with Gasteiger partial charge < -0.3 is 27.0 Å². The average Bonchev–Trinajstić information content (AvgIpc) is 2.59. The zero-order valence-electron chi connectivity index (χ0n) is 15.8. The Kier molecular flexibility index (Phi) is 10.0. The molecule has 0 aliphatic heterocycles. The first-order valence-electron chi connectivity index (χ1n) is 9.14. The maximum Gasteiger partial charge on any atom is 0.231 e. The molecule has 1 rings (SSSR count). The molecule has 0 bridgehead atoms. The molecule has 0 saturated carbocycles. The van der Waals surface area contributed by atoms with Gasteiger partial charge in [-0.05, 0) is 33.1 Å². The van der Waals surface area contributed by atoms with E-state index in [0.29, 0.717) is 24.4 Å². The summed E-state index contributed by atoms with van der Waals surface area (Å²) < 4.78 is 0. The highest BCUT2D eigenvalue weighted by atomic mass is 15.3. The molecule has 1 aromatic heterocycles. The third kappa shape index (κ3) is 8.37. The number of rotatable bonds is 13. The minimum atomic E-state index is 0.136. The molecule has 0 saturated heterocycles. The number of guanidine groups is 1. The fourth-order valence-electron chi connectivity index (χ4n) is 2.19. The van der Waals surface area contributed by atoms with Crippen molar-refractivity contribution in [1.29, 1.82) is 0 Å². The first-order valence-corrected chi connectivity index (χ1v) is 9.14. The van der Waals surface area contributed by atoms with Gasteiger partial charge in [-0.1, -0.05) is 13.3 Å². The second-order valence-electron chi connectivity index (χ2n) is 5.68. The molecule has 142 valence electrons. The molecule has 0 fully saturated rings. The fourth-order valence-corrected chi connectivity index (χ4v) is 2.19. The van der Waals surface area contributed by atoms with E-state index in [4.69, 9.17) is 11.5 Å². The van der Waals surface area contributed by atoms with Gasteiger partial charge in [0.25, 0.3) is 0 Å². The number of anilines is 3. The monoisotopic (exact) mass is 351 g/mol. The number of nitrogens with zero attached hydrogens (tertiary/aromatic N) is 5. The van der Waals surface area contributed by atoms with E-state index >= 15 is 0 Å². The molecule has 0 aliphatic carbocycles. The molecule has 0 unspecified atom stereocenters. The fraction of sp³-hybridized carbons (Fsp3) is 0.750. The molecule has 1 aromatic rings. The molecule has 9 heteroatoms. The lowest BCUT2D eigenvalue weighted by Gasteiger charge is -2.19. The van der Waals surface area contributed by atoms with Crippen molar-refractivity contribution < 1.29 is 0 Å². The van der Waals surface area contributed by atoms with Crippen LogP contribution < -0.4 is 27.0 Å². The number of aromatic nitrogens is 3. The van der Waals surface area contributed by atoms with Crippen LogP contribution in [0.5, 0.6) is 0 Å². The molecule has 0 aromatic carbocycles. The first kappa shape index (κ1) is 20.7. The van der Waals surface area contributed by atoms with Crippen molar-refractivity contribution in [2.24, 2.45) is 16.5 Å². The highest BCUT2D eigenvalue weighted by molar-refractivity contribution is 5.75. The summed E-state index contributed by atoms with van der Waals surface area (Å²) in [6, 6.07) is 0. The van der Waals surface area contributed by atoms with Crippen LogP contribution in [0, 0.1) is 0 Å². The Hall–Kier alpha value is -2.32. The van der Waals surface area contributed by atoms with Crippen molar-refractivity contribution in [1.82, 2.24) is 15.0 Å². The Labute approximate surface area is 150 Å². The zero-order valence-corrected chi connectivity index (χ0v) is 15.8. The van der Waals surface area contributed by atoms with Crippen LogP contribution in [0.3, 0.4) is 0 Å². The SMILES string of the molecule is CCCCNc1nc(NCCCCN=C(N)N)nc(N(CC)CC)n1. The van der Waals surface area contributed by atoms with Crippen molar-refractivity contribution in [2.75, 3.05) is 48.3 Å². The second-order valence-corrected chi connectivity index (χ2v) is 5.68. The first-order chi connectivity index (χ1) is 12.1. The van der Waals surface area contributed by atoms with Crippen molar-refractivity contribution in [3.8, 4) is 0 Å². The molecular weight excluding hydrogens is 318 g/mol. The number of hydrogen-bond donors (Lipinski definition) is 4. The molecule has 0 amide bonds. The van der Waals surface area contributed by atoms with Gasteiger partial charge in [0.1, 0.15) is 0 Å². The minimum Gasteiger partial charge on any atom is -0.370 e. The third-order valence-electron chi connectivity index (χ3n) is 3.65. The van der Waals surface area contributed by atoms with E-state index in [1.807, 2.05) is 0 Å². The largest absolute Gasteiger partial charge is 0.370 e. The van der Waals surface area contributed by atoms with Crippen molar-refractivity contribution >= 4 is 23.8 Å². The molecule has 0 radical (unpaired) electrons. The molecule has 25 heavy (non-hydrogen) atoms. The highest BCUT2D eigenvalue weighted by Gasteiger charge is 2.10. The smallest absolute Gasteiger partial charge is 0.231 e. The Morgan fingerprint density at radius 2 is 1.52 bits per heavy atom. The Morgan fingerprint density at radius 3 is 2.04 bits per heavy atom. The number of aliphatic imine (C=N–C) groups is 1. The molecule has 1 heterocycles. The summed E-state index contributed by atoms with van der Waals surface area (Å²) in [6.45, 7) is 10.3. The third-order valence-corrected chi connectivity index (χ3v) is 3.65. The van der Waals surface area contributed by atoms with E-state index in [9.17, 15) is 0 Å². The van der Waals surface area contributed by atoms with E-state index in [2.05, 4.69) is 56.2 Å². The van der Waals surface area contributed by atoms with Gasteiger partial charge >= 0.3 is 0 Å². The number of nitrogens with one attached hydrogen (secondary N) is 2. The van der Waals surface area contributed by atoms with Gasteiger partial charge in [0.05, 0.1) is 0 Å². The second kappa shape index (κ2) is 12.1. The quantitative estimate of drug-likeness (QED) is 0.238. The average molecular weight is 352 g/mol. The van der Waals surface area contributed by atoms with Crippen LogP contribution in [0.1, 0.15) is 46.5 Å². The van der Waals surface area contributed by atoms with Crippen LogP contribution in [0.4, 0.5) is 17.8 Å². The van der Waals surface area contributed by atoms with Crippen LogP contribution in [0.15, 0.2) is 4.99 Å². The van der Waals surface area contributed by atoms with Crippen LogP contribution >= 0.6 is 0 Å². The maximum atomic E-state index is 5.31. The van der Waals surface area contributed by atoms with Crippen LogP contribution in [0.2, 0.25) is 0 Å². The lowest BCUT2D eigenvalue weighted by Crippen LogP contribution is -2.25. The van der Waals surface area contributed by atoms with E-state index in [1.54, 1.807) is 0 Å². The van der Waals surface area contributed by atoms with Crippen LogP contribution in [-0.2, 0) is 0 Å². The number of hydrogen-bond acceptors (Lipinski definition) is 7. The van der Waals surface area contributed by atoms with Crippen molar-refractivity contribution in [2.45, 2.75) is 46.5 Å². The van der Waals surface area contributed by atoms with Crippen molar-refractivity contribution in [3.05, 3.63) is 0 Å². The molecule has 0 aliphatic rings. The minimum absolute atomic E-state index is 0.136. The summed E-state index contributed by atoms with van der Waals surface area (Å²) in [5.74, 6) is 2.05. The lowest BCUT2D eigenvalue weighted by molar-refractivity contribution is 0.763. The maximum absolute atomic E-state index is 5.31. The summed E-state index contributed by atoms with van der Waals surface area (Å²) >= 11 is 0. The Morgan fingerprint density at radius 1 is 0.920 bits per heavy atom. The standard InChI is InChI=1S/C16H33N9/c1-4-7-10-20-14-22-15(21-12-9-8-11-19-13(17)18)24-16(23-14)25(5-2)6-3/h4-12H2,1-3H3,(H4,17,18,19)(H2,20,21,22,23,24). The molecule has 9 nitrogen and oxygen atoms in total.